The molecule has 8 nitrogen and oxygen atoms in total. The summed E-state index contributed by atoms with van der Waals surface area (Å²) in [6, 6.07) is 11.5. The number of Topliss-reactive ketones (excluding diaryl/α,β-unsaturated/α-hetero) is 1. The number of carbonyl (C=O) groups excluding carboxylic acids is 3. The molecule has 0 aliphatic carbocycles. The van der Waals surface area contributed by atoms with Crippen LogP contribution < -0.4 is 0 Å². The van der Waals surface area contributed by atoms with E-state index in [4.69, 9.17) is 9.47 Å². The maximum Gasteiger partial charge on any atom is 0.337 e. The molecule has 2 aliphatic heterocycles. The standard InChI is InChI=1S/C28H32N2O6/c1-18-5-6-19(2)22(17-18)25(31)23-24(20-7-9-21(10-8-20)28(34)35-3)30(27(33)26(23)32)12-4-11-29-13-15-36-16-14-29/h5-10,17,24,31H,4,11-16H2,1-3H3/b25-23+. The van der Waals surface area contributed by atoms with Crippen LogP contribution in [0, 0.1) is 13.8 Å². The van der Waals surface area contributed by atoms with Gasteiger partial charge < -0.3 is 19.5 Å². The van der Waals surface area contributed by atoms with E-state index in [0.29, 0.717) is 42.9 Å². The number of morpholine rings is 1. The van der Waals surface area contributed by atoms with E-state index < -0.39 is 23.7 Å². The highest BCUT2D eigenvalue weighted by Crippen LogP contribution is 2.40. The molecule has 2 saturated heterocycles. The van der Waals surface area contributed by atoms with Crippen LogP contribution in [0.3, 0.4) is 0 Å². The van der Waals surface area contributed by atoms with Gasteiger partial charge in [0.1, 0.15) is 5.76 Å². The number of esters is 1. The van der Waals surface area contributed by atoms with Crippen molar-refractivity contribution in [1.29, 1.82) is 0 Å². The molecule has 1 unspecified atom stereocenters. The van der Waals surface area contributed by atoms with E-state index in [-0.39, 0.29) is 11.3 Å². The van der Waals surface area contributed by atoms with Gasteiger partial charge in [-0.05, 0) is 49.6 Å². The molecule has 1 atom stereocenters. The summed E-state index contributed by atoms with van der Waals surface area (Å²) in [5.41, 5.74) is 3.32. The Hall–Kier alpha value is -3.49. The molecule has 0 radical (unpaired) electrons. The fourth-order valence-corrected chi connectivity index (χ4v) is 4.80. The van der Waals surface area contributed by atoms with Crippen molar-refractivity contribution in [1.82, 2.24) is 9.80 Å². The molecule has 0 bridgehead atoms. The Labute approximate surface area is 211 Å². The molecule has 2 fully saturated rings. The Morgan fingerprint density at radius 2 is 1.75 bits per heavy atom. The predicted octanol–water partition coefficient (Wildman–Crippen LogP) is 3.23. The maximum absolute atomic E-state index is 13.3. The molecule has 0 spiro atoms. The molecule has 2 heterocycles. The predicted molar refractivity (Wildman–Crippen MR) is 135 cm³/mol. The lowest BCUT2D eigenvalue weighted by Gasteiger charge is -2.29. The summed E-state index contributed by atoms with van der Waals surface area (Å²) in [6.45, 7) is 7.94. The van der Waals surface area contributed by atoms with E-state index in [9.17, 15) is 19.5 Å². The van der Waals surface area contributed by atoms with Gasteiger partial charge in [-0.1, -0.05) is 29.8 Å². The second-order valence-corrected chi connectivity index (χ2v) is 9.23. The van der Waals surface area contributed by atoms with Crippen molar-refractivity contribution < 1.29 is 29.0 Å². The number of hydrogen-bond donors (Lipinski definition) is 1. The number of ketones is 1. The second-order valence-electron chi connectivity index (χ2n) is 9.23. The lowest BCUT2D eigenvalue weighted by molar-refractivity contribution is -0.140. The highest BCUT2D eigenvalue weighted by molar-refractivity contribution is 6.46. The van der Waals surface area contributed by atoms with Crippen molar-refractivity contribution in [3.63, 3.8) is 0 Å². The van der Waals surface area contributed by atoms with Crippen molar-refractivity contribution in [2.24, 2.45) is 0 Å². The zero-order valence-corrected chi connectivity index (χ0v) is 21.0. The van der Waals surface area contributed by atoms with E-state index in [1.807, 2.05) is 32.0 Å². The van der Waals surface area contributed by atoms with Gasteiger partial charge in [-0.25, -0.2) is 4.79 Å². The van der Waals surface area contributed by atoms with Gasteiger partial charge in [0.05, 0.1) is 37.5 Å². The number of methoxy groups -OCH3 is 1. The SMILES string of the molecule is COC(=O)c1ccc(C2/C(=C(\O)c3cc(C)ccc3C)C(=O)C(=O)N2CCCN2CCOCC2)cc1. The topological polar surface area (TPSA) is 96.4 Å². The quantitative estimate of drug-likeness (QED) is 0.274. The Morgan fingerprint density at radius 1 is 1.06 bits per heavy atom. The van der Waals surface area contributed by atoms with E-state index >= 15 is 0 Å². The number of carbonyl (C=O) groups is 3. The van der Waals surface area contributed by atoms with E-state index in [2.05, 4.69) is 4.90 Å². The van der Waals surface area contributed by atoms with Crippen molar-refractivity contribution in [3.05, 3.63) is 75.9 Å². The number of aryl methyl sites for hydroxylation is 2. The Bertz CT molecular complexity index is 1180. The number of ether oxygens (including phenoxy) is 2. The van der Waals surface area contributed by atoms with Gasteiger partial charge >= 0.3 is 5.97 Å². The van der Waals surface area contributed by atoms with Crippen molar-refractivity contribution >= 4 is 23.4 Å². The first-order chi connectivity index (χ1) is 17.3. The summed E-state index contributed by atoms with van der Waals surface area (Å²) >= 11 is 0. The van der Waals surface area contributed by atoms with Crippen LogP contribution in [0.1, 0.15) is 45.1 Å². The minimum atomic E-state index is -0.763. The Kier molecular flexibility index (Phi) is 7.86. The lowest BCUT2D eigenvalue weighted by Crippen LogP contribution is -2.39. The summed E-state index contributed by atoms with van der Waals surface area (Å²) in [5, 5.41) is 11.4. The smallest absolute Gasteiger partial charge is 0.337 e. The second kappa shape index (κ2) is 11.1. The van der Waals surface area contributed by atoms with Crippen LogP contribution in [0.25, 0.3) is 5.76 Å². The largest absolute Gasteiger partial charge is 0.507 e. The molecule has 1 N–H and O–H groups in total. The Morgan fingerprint density at radius 3 is 2.42 bits per heavy atom. The maximum atomic E-state index is 13.3. The molecular formula is C28H32N2O6. The van der Waals surface area contributed by atoms with Crippen LogP contribution in [-0.4, -0.2) is 79.1 Å². The number of amides is 1. The normalized spacial score (nSPS) is 20.1. The number of likely N-dealkylation sites (tertiary alicyclic amines) is 1. The number of benzene rings is 2. The third kappa shape index (κ3) is 5.20. The van der Waals surface area contributed by atoms with Crippen LogP contribution in [0.5, 0.6) is 0 Å². The van der Waals surface area contributed by atoms with Crippen LogP contribution in [0.4, 0.5) is 0 Å². The van der Waals surface area contributed by atoms with Crippen LogP contribution in [0.15, 0.2) is 48.0 Å². The third-order valence-corrected chi connectivity index (χ3v) is 6.81. The zero-order valence-electron chi connectivity index (χ0n) is 21.0. The van der Waals surface area contributed by atoms with Crippen molar-refractivity contribution in [3.8, 4) is 0 Å². The zero-order chi connectivity index (χ0) is 25.8. The van der Waals surface area contributed by atoms with E-state index in [0.717, 1.165) is 30.8 Å². The minimum absolute atomic E-state index is 0.0610. The van der Waals surface area contributed by atoms with Crippen molar-refractivity contribution in [2.75, 3.05) is 46.5 Å². The number of nitrogens with zero attached hydrogens (tertiary/aromatic N) is 2. The fourth-order valence-electron chi connectivity index (χ4n) is 4.80. The van der Waals surface area contributed by atoms with Crippen LogP contribution in [-0.2, 0) is 19.1 Å². The summed E-state index contributed by atoms with van der Waals surface area (Å²) in [7, 11) is 1.31. The highest BCUT2D eigenvalue weighted by atomic mass is 16.5. The number of aliphatic hydroxyl groups excluding tert-OH is 1. The van der Waals surface area contributed by atoms with Gasteiger partial charge in [-0.15, -0.1) is 0 Å². The molecular weight excluding hydrogens is 460 g/mol. The highest BCUT2D eigenvalue weighted by Gasteiger charge is 2.46. The first kappa shape index (κ1) is 25.6. The summed E-state index contributed by atoms with van der Waals surface area (Å²) in [4.78, 5) is 42.2. The molecule has 0 aromatic heterocycles. The van der Waals surface area contributed by atoms with Crippen LogP contribution >= 0.6 is 0 Å². The molecule has 0 saturated carbocycles. The van der Waals surface area contributed by atoms with E-state index in [1.165, 1.54) is 12.0 Å². The van der Waals surface area contributed by atoms with E-state index in [1.54, 1.807) is 24.3 Å². The molecule has 1 amide bonds. The number of hydrogen-bond acceptors (Lipinski definition) is 7. The molecule has 2 aliphatic rings. The van der Waals surface area contributed by atoms with Gasteiger partial charge in [-0.3, -0.25) is 14.5 Å². The number of aliphatic hydroxyl groups is 1. The molecule has 36 heavy (non-hydrogen) atoms. The summed E-state index contributed by atoms with van der Waals surface area (Å²) in [6.07, 6.45) is 0.674. The Balaban J connectivity index is 1.72. The average Bonchev–Trinajstić information content (AvgIpc) is 3.15. The molecule has 2 aromatic rings. The fraction of sp³-hybridized carbons (Fsp3) is 0.393. The van der Waals surface area contributed by atoms with Gasteiger partial charge in [0.25, 0.3) is 11.7 Å². The van der Waals surface area contributed by atoms with Gasteiger partial charge in [0.2, 0.25) is 0 Å². The minimum Gasteiger partial charge on any atom is -0.507 e. The van der Waals surface area contributed by atoms with Gasteiger partial charge in [-0.2, -0.15) is 0 Å². The molecule has 8 heteroatoms. The molecule has 190 valence electrons. The lowest BCUT2D eigenvalue weighted by atomic mass is 9.93. The molecule has 4 rings (SSSR count). The van der Waals surface area contributed by atoms with Crippen LogP contribution in [0.2, 0.25) is 0 Å². The summed E-state index contributed by atoms with van der Waals surface area (Å²) in [5.74, 6) is -2.00. The molecule has 2 aromatic carbocycles. The average molecular weight is 493 g/mol. The first-order valence-corrected chi connectivity index (χ1v) is 12.2. The number of rotatable bonds is 7. The van der Waals surface area contributed by atoms with Crippen molar-refractivity contribution in [2.45, 2.75) is 26.3 Å². The van der Waals surface area contributed by atoms with Gasteiger partial charge in [0, 0.05) is 31.7 Å². The first-order valence-electron chi connectivity index (χ1n) is 12.2. The van der Waals surface area contributed by atoms with Gasteiger partial charge in [0.15, 0.2) is 0 Å². The summed E-state index contributed by atoms with van der Waals surface area (Å²) < 4.78 is 10.2. The third-order valence-electron chi connectivity index (χ3n) is 6.81. The monoisotopic (exact) mass is 492 g/mol.